The Labute approximate surface area is 149 Å². The number of carbonyl (C=O) groups is 1. The van der Waals surface area contributed by atoms with Crippen LogP contribution in [-0.4, -0.2) is 35.1 Å². The van der Waals surface area contributed by atoms with E-state index in [1.807, 2.05) is 0 Å². The van der Waals surface area contributed by atoms with E-state index in [1.54, 1.807) is 18.2 Å². The van der Waals surface area contributed by atoms with E-state index in [2.05, 4.69) is 20.6 Å². The summed E-state index contributed by atoms with van der Waals surface area (Å²) in [5.41, 5.74) is 0.866. The van der Waals surface area contributed by atoms with E-state index in [0.717, 1.165) is 19.4 Å². The van der Waals surface area contributed by atoms with E-state index in [1.165, 1.54) is 12.4 Å². The number of hydrogen-bond acceptors (Lipinski definition) is 5. The number of nitrogens with zero attached hydrogens (tertiary/aromatic N) is 2. The molecule has 1 saturated heterocycles. The van der Waals surface area contributed by atoms with E-state index >= 15 is 0 Å². The SMILES string of the molecule is O=C(NCC1CCCO1)c1cnc(Nc2cc(Cl)ccc2Cl)cn1. The standard InChI is InChI=1S/C16H16Cl2N4O2/c17-10-3-4-12(18)13(6-10)22-15-9-19-14(8-20-15)16(23)21-7-11-2-1-5-24-11/h3-4,6,8-9,11H,1-2,5,7H2,(H,20,22)(H,21,23). The highest BCUT2D eigenvalue weighted by molar-refractivity contribution is 6.35. The van der Waals surface area contributed by atoms with Gasteiger partial charge in [-0.2, -0.15) is 0 Å². The molecule has 24 heavy (non-hydrogen) atoms. The number of ether oxygens (including phenoxy) is 1. The van der Waals surface area contributed by atoms with Gasteiger partial charge in [0.1, 0.15) is 11.5 Å². The predicted octanol–water partition coefficient (Wildman–Crippen LogP) is 3.44. The van der Waals surface area contributed by atoms with Gasteiger partial charge in [0.05, 0.1) is 29.2 Å². The second-order valence-corrected chi connectivity index (χ2v) is 6.22. The number of amides is 1. The first-order chi connectivity index (χ1) is 11.6. The van der Waals surface area contributed by atoms with Crippen molar-refractivity contribution in [3.8, 4) is 0 Å². The average Bonchev–Trinajstić information content (AvgIpc) is 3.10. The Morgan fingerprint density at radius 1 is 1.29 bits per heavy atom. The van der Waals surface area contributed by atoms with Gasteiger partial charge < -0.3 is 15.4 Å². The monoisotopic (exact) mass is 366 g/mol. The number of rotatable bonds is 5. The Morgan fingerprint density at radius 2 is 2.17 bits per heavy atom. The Kier molecular flexibility index (Phi) is 5.50. The van der Waals surface area contributed by atoms with Crippen molar-refractivity contribution >= 4 is 40.6 Å². The first-order valence-corrected chi connectivity index (χ1v) is 8.31. The molecule has 8 heteroatoms. The van der Waals surface area contributed by atoms with Gasteiger partial charge in [0.25, 0.3) is 5.91 Å². The largest absolute Gasteiger partial charge is 0.376 e. The second-order valence-electron chi connectivity index (χ2n) is 5.38. The molecule has 1 aliphatic heterocycles. The topological polar surface area (TPSA) is 76.1 Å². The van der Waals surface area contributed by atoms with Gasteiger partial charge >= 0.3 is 0 Å². The minimum absolute atomic E-state index is 0.0906. The van der Waals surface area contributed by atoms with Crippen LogP contribution in [0.1, 0.15) is 23.3 Å². The van der Waals surface area contributed by atoms with Crippen molar-refractivity contribution in [1.29, 1.82) is 0 Å². The van der Waals surface area contributed by atoms with Crippen LogP contribution in [-0.2, 0) is 4.74 Å². The zero-order valence-corrected chi connectivity index (χ0v) is 14.3. The smallest absolute Gasteiger partial charge is 0.271 e. The molecule has 0 bridgehead atoms. The van der Waals surface area contributed by atoms with E-state index in [9.17, 15) is 4.79 Å². The zero-order chi connectivity index (χ0) is 16.9. The fourth-order valence-electron chi connectivity index (χ4n) is 2.34. The molecule has 3 rings (SSSR count). The third-order valence-electron chi connectivity index (χ3n) is 3.59. The third-order valence-corrected chi connectivity index (χ3v) is 4.15. The summed E-state index contributed by atoms with van der Waals surface area (Å²) in [7, 11) is 0. The van der Waals surface area contributed by atoms with Gasteiger partial charge in [0.2, 0.25) is 0 Å². The van der Waals surface area contributed by atoms with Crippen LogP contribution in [0.3, 0.4) is 0 Å². The van der Waals surface area contributed by atoms with Crippen molar-refractivity contribution < 1.29 is 9.53 Å². The molecule has 0 radical (unpaired) electrons. The van der Waals surface area contributed by atoms with Gasteiger partial charge in [0.15, 0.2) is 0 Å². The van der Waals surface area contributed by atoms with Crippen LogP contribution in [0.2, 0.25) is 10.0 Å². The molecule has 2 N–H and O–H groups in total. The maximum atomic E-state index is 12.0. The quantitative estimate of drug-likeness (QED) is 0.847. The Bertz CT molecular complexity index is 719. The summed E-state index contributed by atoms with van der Waals surface area (Å²) in [6.45, 7) is 1.24. The number of halogens is 2. The highest BCUT2D eigenvalue weighted by Crippen LogP contribution is 2.27. The molecular weight excluding hydrogens is 351 g/mol. The molecule has 0 aliphatic carbocycles. The van der Waals surface area contributed by atoms with Crippen LogP contribution >= 0.6 is 23.2 Å². The van der Waals surface area contributed by atoms with Gasteiger partial charge in [-0.15, -0.1) is 0 Å². The molecule has 0 saturated carbocycles. The molecule has 1 aliphatic rings. The zero-order valence-electron chi connectivity index (χ0n) is 12.8. The minimum atomic E-state index is -0.273. The van der Waals surface area contributed by atoms with Crippen molar-refractivity contribution in [2.45, 2.75) is 18.9 Å². The molecule has 1 amide bonds. The van der Waals surface area contributed by atoms with Crippen LogP contribution < -0.4 is 10.6 Å². The predicted molar refractivity (Wildman–Crippen MR) is 93.1 cm³/mol. The lowest BCUT2D eigenvalue weighted by Crippen LogP contribution is -2.32. The average molecular weight is 367 g/mol. The van der Waals surface area contributed by atoms with Crippen LogP contribution in [0.15, 0.2) is 30.6 Å². The first-order valence-electron chi connectivity index (χ1n) is 7.56. The van der Waals surface area contributed by atoms with Crippen LogP contribution in [0.4, 0.5) is 11.5 Å². The van der Waals surface area contributed by atoms with Gasteiger partial charge in [-0.05, 0) is 31.0 Å². The number of nitrogens with one attached hydrogen (secondary N) is 2. The number of aromatic nitrogens is 2. The molecule has 1 aromatic heterocycles. The van der Waals surface area contributed by atoms with Gasteiger partial charge in [0, 0.05) is 18.2 Å². The molecule has 6 nitrogen and oxygen atoms in total. The number of benzene rings is 1. The third kappa shape index (κ3) is 4.35. The molecule has 0 spiro atoms. The fraction of sp³-hybridized carbons (Fsp3) is 0.312. The number of anilines is 2. The summed E-state index contributed by atoms with van der Waals surface area (Å²) in [5.74, 6) is 0.195. The summed E-state index contributed by atoms with van der Waals surface area (Å²) in [6, 6.07) is 5.07. The summed E-state index contributed by atoms with van der Waals surface area (Å²) in [6.07, 6.45) is 4.97. The van der Waals surface area contributed by atoms with Crippen LogP contribution in [0, 0.1) is 0 Å². The first kappa shape index (κ1) is 17.0. The lowest BCUT2D eigenvalue weighted by Gasteiger charge is -2.11. The van der Waals surface area contributed by atoms with E-state index in [0.29, 0.717) is 28.1 Å². The van der Waals surface area contributed by atoms with Crippen molar-refractivity contribution in [1.82, 2.24) is 15.3 Å². The summed E-state index contributed by atoms with van der Waals surface area (Å²) in [5, 5.41) is 6.88. The molecule has 1 atom stereocenters. The Balaban J connectivity index is 1.60. The van der Waals surface area contributed by atoms with E-state index in [4.69, 9.17) is 27.9 Å². The molecule has 1 aromatic carbocycles. The van der Waals surface area contributed by atoms with Crippen molar-refractivity contribution in [3.05, 3.63) is 46.3 Å². The van der Waals surface area contributed by atoms with Crippen molar-refractivity contribution in [3.63, 3.8) is 0 Å². The normalized spacial score (nSPS) is 16.8. The van der Waals surface area contributed by atoms with Crippen LogP contribution in [0.5, 0.6) is 0 Å². The van der Waals surface area contributed by atoms with Gasteiger partial charge in [-0.25, -0.2) is 9.97 Å². The molecule has 2 aromatic rings. The Hall–Kier alpha value is -1.89. The fourth-order valence-corrected chi connectivity index (χ4v) is 2.68. The molecular formula is C16H16Cl2N4O2. The summed E-state index contributed by atoms with van der Waals surface area (Å²) >= 11 is 12.0. The maximum Gasteiger partial charge on any atom is 0.271 e. The van der Waals surface area contributed by atoms with Gasteiger partial charge in [-0.3, -0.25) is 4.79 Å². The number of hydrogen-bond donors (Lipinski definition) is 2. The molecule has 1 unspecified atom stereocenters. The lowest BCUT2D eigenvalue weighted by atomic mass is 10.2. The van der Waals surface area contributed by atoms with E-state index in [-0.39, 0.29) is 17.7 Å². The summed E-state index contributed by atoms with van der Waals surface area (Å²) in [4.78, 5) is 20.3. The highest BCUT2D eigenvalue weighted by Gasteiger charge is 2.17. The van der Waals surface area contributed by atoms with Crippen molar-refractivity contribution in [2.75, 3.05) is 18.5 Å². The van der Waals surface area contributed by atoms with Crippen molar-refractivity contribution in [2.24, 2.45) is 0 Å². The van der Waals surface area contributed by atoms with Gasteiger partial charge in [-0.1, -0.05) is 23.2 Å². The summed E-state index contributed by atoms with van der Waals surface area (Å²) < 4.78 is 5.46. The van der Waals surface area contributed by atoms with Crippen LogP contribution in [0.25, 0.3) is 0 Å². The lowest BCUT2D eigenvalue weighted by molar-refractivity contribution is 0.0853. The Morgan fingerprint density at radius 3 is 2.88 bits per heavy atom. The second kappa shape index (κ2) is 7.79. The number of carbonyl (C=O) groups excluding carboxylic acids is 1. The molecule has 2 heterocycles. The molecule has 1 fully saturated rings. The minimum Gasteiger partial charge on any atom is -0.376 e. The maximum absolute atomic E-state index is 12.0. The van der Waals surface area contributed by atoms with E-state index < -0.39 is 0 Å². The highest BCUT2D eigenvalue weighted by atomic mass is 35.5. The molecule has 126 valence electrons.